The van der Waals surface area contributed by atoms with E-state index in [9.17, 15) is 27.9 Å². The van der Waals surface area contributed by atoms with Crippen molar-refractivity contribution >= 4 is 35.2 Å². The molecule has 2 N–H and O–H groups in total. The predicted octanol–water partition coefficient (Wildman–Crippen LogP) is 4.64. The molecule has 0 aliphatic carbocycles. The molecule has 0 saturated carbocycles. The number of amides is 1. The molecule has 1 aromatic rings. The molecule has 1 aromatic heterocycles. The van der Waals surface area contributed by atoms with Gasteiger partial charge in [-0.3, -0.25) is 0 Å². The summed E-state index contributed by atoms with van der Waals surface area (Å²) in [6, 6.07) is -1.03. The maximum absolute atomic E-state index is 13.4. The van der Waals surface area contributed by atoms with Gasteiger partial charge in [-0.2, -0.15) is 24.9 Å². The second kappa shape index (κ2) is 11.1. The lowest BCUT2D eigenvalue weighted by Crippen LogP contribution is -2.46. The molecule has 0 saturated heterocycles. The summed E-state index contributed by atoms with van der Waals surface area (Å²) < 4.78 is 50.8. The number of halogens is 3. The number of rotatable bonds is 9. The molecular formula is C20H31F3N2O5S2. The Morgan fingerprint density at radius 1 is 1.12 bits per heavy atom. The Bertz CT molecular complexity index is 746. The number of hydrogen-bond acceptors (Lipinski definition) is 8. The number of carbonyl (C=O) groups is 2. The van der Waals surface area contributed by atoms with Gasteiger partial charge in [-0.1, -0.05) is 0 Å². The summed E-state index contributed by atoms with van der Waals surface area (Å²) in [7, 11) is 0. The fraction of sp³-hybridized carbons (Fsp3) is 0.750. The van der Waals surface area contributed by atoms with Crippen LogP contribution in [-0.4, -0.2) is 57.1 Å². The number of alkyl halides is 3. The van der Waals surface area contributed by atoms with Gasteiger partial charge in [0.25, 0.3) is 0 Å². The molecule has 32 heavy (non-hydrogen) atoms. The lowest BCUT2D eigenvalue weighted by molar-refractivity contribution is -0.267. The number of nitrogens with zero attached hydrogens (tertiary/aromatic N) is 1. The SMILES string of the molecule is CC(C)(C)OC(=O)N[C@@H](CCSCCC(O)(c1nccs1)C(F)(F)F)C(=O)OC(C)(C)C. The fourth-order valence-electron chi connectivity index (χ4n) is 2.39. The zero-order valence-corrected chi connectivity index (χ0v) is 20.7. The first-order valence-corrected chi connectivity index (χ1v) is 12.0. The van der Waals surface area contributed by atoms with Crippen molar-refractivity contribution in [1.29, 1.82) is 0 Å². The third-order valence-corrected chi connectivity index (χ3v) is 5.74. The third kappa shape index (κ3) is 9.53. The van der Waals surface area contributed by atoms with Crippen LogP contribution in [0.4, 0.5) is 18.0 Å². The molecule has 1 amide bonds. The zero-order valence-electron chi connectivity index (χ0n) is 19.0. The minimum Gasteiger partial charge on any atom is -0.458 e. The fourth-order valence-corrected chi connectivity index (χ4v) is 4.22. The third-order valence-electron chi connectivity index (χ3n) is 3.80. The minimum absolute atomic E-state index is 0.0386. The van der Waals surface area contributed by atoms with Crippen LogP contribution < -0.4 is 5.32 Å². The lowest BCUT2D eigenvalue weighted by atomic mass is 10.0. The number of ether oxygens (including phenoxy) is 2. The zero-order chi connectivity index (χ0) is 24.8. The summed E-state index contributed by atoms with van der Waals surface area (Å²) in [5.41, 5.74) is -4.59. The van der Waals surface area contributed by atoms with Crippen molar-refractivity contribution in [3.8, 4) is 0 Å². The maximum atomic E-state index is 13.4. The number of hydrogen-bond donors (Lipinski definition) is 2. The highest BCUT2D eigenvalue weighted by molar-refractivity contribution is 7.99. The number of thioether (sulfide) groups is 1. The minimum atomic E-state index is -4.87. The van der Waals surface area contributed by atoms with Gasteiger partial charge >= 0.3 is 18.2 Å². The van der Waals surface area contributed by atoms with Gasteiger partial charge < -0.3 is 19.9 Å². The van der Waals surface area contributed by atoms with Crippen LogP contribution in [0, 0.1) is 0 Å². The molecular weight excluding hydrogens is 469 g/mol. The van der Waals surface area contributed by atoms with Gasteiger partial charge in [0.15, 0.2) is 0 Å². The summed E-state index contributed by atoms with van der Waals surface area (Å²) in [5, 5.41) is 13.6. The van der Waals surface area contributed by atoms with E-state index >= 15 is 0 Å². The van der Waals surface area contributed by atoms with Gasteiger partial charge in [0.05, 0.1) is 0 Å². The van der Waals surface area contributed by atoms with E-state index in [0.717, 1.165) is 23.1 Å². The second-order valence-electron chi connectivity index (χ2n) is 9.08. The lowest BCUT2D eigenvalue weighted by Gasteiger charge is -2.28. The largest absolute Gasteiger partial charge is 0.458 e. The highest BCUT2D eigenvalue weighted by atomic mass is 32.2. The van der Waals surface area contributed by atoms with Crippen molar-refractivity contribution in [2.24, 2.45) is 0 Å². The van der Waals surface area contributed by atoms with Gasteiger partial charge in [0, 0.05) is 18.0 Å². The molecule has 0 bridgehead atoms. The topological polar surface area (TPSA) is 97.8 Å². The van der Waals surface area contributed by atoms with Crippen LogP contribution in [-0.2, 0) is 19.9 Å². The highest BCUT2D eigenvalue weighted by Crippen LogP contribution is 2.43. The van der Waals surface area contributed by atoms with Crippen molar-refractivity contribution in [3.63, 3.8) is 0 Å². The molecule has 1 heterocycles. The molecule has 2 atom stereocenters. The Kier molecular flexibility index (Phi) is 9.85. The molecule has 0 fully saturated rings. The summed E-state index contributed by atoms with van der Waals surface area (Å²) in [5.74, 6) is -0.465. The molecule has 184 valence electrons. The Labute approximate surface area is 194 Å². The van der Waals surface area contributed by atoms with Crippen molar-refractivity contribution < 1.29 is 37.3 Å². The molecule has 1 rings (SSSR count). The van der Waals surface area contributed by atoms with Gasteiger partial charge in [-0.05, 0) is 59.5 Å². The van der Waals surface area contributed by atoms with E-state index in [1.165, 1.54) is 11.6 Å². The van der Waals surface area contributed by atoms with Crippen LogP contribution >= 0.6 is 23.1 Å². The van der Waals surface area contributed by atoms with Gasteiger partial charge in [0.2, 0.25) is 5.60 Å². The number of esters is 1. The number of aromatic nitrogens is 1. The number of aliphatic hydroxyl groups is 1. The predicted molar refractivity (Wildman–Crippen MR) is 118 cm³/mol. The normalized spacial score (nSPS) is 15.6. The van der Waals surface area contributed by atoms with Crippen molar-refractivity contribution in [3.05, 3.63) is 16.6 Å². The first kappa shape index (κ1) is 28.5. The summed E-state index contributed by atoms with van der Waals surface area (Å²) >= 11 is 1.85. The smallest absolute Gasteiger partial charge is 0.423 e. The molecule has 0 aliphatic rings. The van der Waals surface area contributed by atoms with E-state index in [0.29, 0.717) is 0 Å². The second-order valence-corrected chi connectivity index (χ2v) is 11.2. The van der Waals surface area contributed by atoms with Crippen molar-refractivity contribution in [2.75, 3.05) is 11.5 Å². The Hall–Kier alpha value is -1.53. The Morgan fingerprint density at radius 2 is 1.72 bits per heavy atom. The number of alkyl carbamates (subject to hydrolysis) is 1. The average Bonchev–Trinajstić information content (AvgIpc) is 3.11. The van der Waals surface area contributed by atoms with E-state index in [1.807, 2.05) is 0 Å². The van der Waals surface area contributed by atoms with Crippen LogP contribution in [0.2, 0.25) is 0 Å². The number of nitrogens with one attached hydrogen (secondary N) is 1. The molecule has 0 radical (unpaired) electrons. The maximum Gasteiger partial charge on any atom is 0.423 e. The van der Waals surface area contributed by atoms with Crippen LogP contribution in [0.5, 0.6) is 0 Å². The molecule has 7 nitrogen and oxygen atoms in total. The first-order valence-electron chi connectivity index (χ1n) is 9.94. The molecule has 12 heteroatoms. The van der Waals surface area contributed by atoms with E-state index in [1.54, 1.807) is 41.5 Å². The first-order chi connectivity index (χ1) is 14.4. The Balaban J connectivity index is 2.70. The van der Waals surface area contributed by atoms with Crippen LogP contribution in [0.25, 0.3) is 0 Å². The van der Waals surface area contributed by atoms with E-state index in [2.05, 4.69) is 10.3 Å². The standard InChI is InChI=1S/C20H31F3N2O5S2/c1-17(2,3)29-14(26)13(25-16(27)30-18(4,5)6)7-10-31-11-8-19(28,20(21,22)23)15-24-9-12-32-15/h9,12-13,28H,7-8,10-11H2,1-6H3,(H,25,27)/t13-,19?/m0/s1. The Morgan fingerprint density at radius 3 is 2.19 bits per heavy atom. The number of carbonyl (C=O) groups excluding carboxylic acids is 2. The van der Waals surface area contributed by atoms with Crippen molar-refractivity contribution in [2.45, 2.75) is 83.4 Å². The highest BCUT2D eigenvalue weighted by Gasteiger charge is 2.56. The quantitative estimate of drug-likeness (QED) is 0.377. The van der Waals surface area contributed by atoms with Gasteiger partial charge in [-0.15, -0.1) is 11.3 Å². The van der Waals surface area contributed by atoms with Crippen LogP contribution in [0.15, 0.2) is 11.6 Å². The van der Waals surface area contributed by atoms with E-state index < -0.39 is 52.5 Å². The van der Waals surface area contributed by atoms with Gasteiger partial charge in [-0.25, -0.2) is 14.6 Å². The number of thiazole rings is 1. The summed E-state index contributed by atoms with van der Waals surface area (Å²) in [6.45, 7) is 10.1. The van der Waals surface area contributed by atoms with Crippen LogP contribution in [0.1, 0.15) is 59.4 Å². The van der Waals surface area contributed by atoms with Crippen molar-refractivity contribution in [1.82, 2.24) is 10.3 Å². The van der Waals surface area contributed by atoms with Crippen LogP contribution in [0.3, 0.4) is 0 Å². The van der Waals surface area contributed by atoms with E-state index in [4.69, 9.17) is 9.47 Å². The molecule has 0 aliphatic heterocycles. The average molecular weight is 501 g/mol. The van der Waals surface area contributed by atoms with Gasteiger partial charge in [0.1, 0.15) is 22.3 Å². The molecule has 0 aromatic carbocycles. The van der Waals surface area contributed by atoms with E-state index in [-0.39, 0.29) is 17.9 Å². The molecule has 0 spiro atoms. The molecule has 1 unspecified atom stereocenters. The summed E-state index contributed by atoms with van der Waals surface area (Å²) in [4.78, 5) is 28.2. The monoisotopic (exact) mass is 500 g/mol. The summed E-state index contributed by atoms with van der Waals surface area (Å²) in [6.07, 6.45) is -4.94.